The fourth-order valence-electron chi connectivity index (χ4n) is 6.64. The zero-order valence-corrected chi connectivity index (χ0v) is 32.2. The highest BCUT2D eigenvalue weighted by molar-refractivity contribution is 5.89. The number of ether oxygens (including phenoxy) is 5. The number of rotatable bonds is 14. The summed E-state index contributed by atoms with van der Waals surface area (Å²) in [6.07, 6.45) is 2.87. The maximum absolute atomic E-state index is 13.2. The number of esters is 1. The largest absolute Gasteiger partial charge is 0.459 e. The Kier molecular flexibility index (Phi) is 11.3. The number of nitrogens with zero attached hydrogens (tertiary/aromatic N) is 8. The molecule has 2 fully saturated rings. The average Bonchev–Trinajstić information content (AvgIpc) is 4.02. The van der Waals surface area contributed by atoms with Gasteiger partial charge in [-0.1, -0.05) is 48.5 Å². The number of carbonyl (C=O) groups excluding carboxylic acids is 1. The first-order valence-electron chi connectivity index (χ1n) is 19.4. The third kappa shape index (κ3) is 9.41. The van der Waals surface area contributed by atoms with Crippen molar-refractivity contribution in [2.75, 3.05) is 73.0 Å². The van der Waals surface area contributed by atoms with Crippen LogP contribution in [0.1, 0.15) is 10.4 Å². The smallest absolute Gasteiger partial charge is 0.338 e. The summed E-state index contributed by atoms with van der Waals surface area (Å²) >= 11 is 0. The van der Waals surface area contributed by atoms with Gasteiger partial charge in [-0.05, 0) is 35.9 Å². The Hall–Kier alpha value is -7.57. The van der Waals surface area contributed by atoms with Crippen molar-refractivity contribution in [2.24, 2.45) is 0 Å². The van der Waals surface area contributed by atoms with Crippen LogP contribution in [0, 0.1) is 0 Å². The summed E-state index contributed by atoms with van der Waals surface area (Å²) in [7, 11) is 0. The third-order valence-corrected chi connectivity index (χ3v) is 9.58. The maximum atomic E-state index is 13.2. The summed E-state index contributed by atoms with van der Waals surface area (Å²) in [6.45, 7) is 3.95. The van der Waals surface area contributed by atoms with Crippen molar-refractivity contribution in [3.05, 3.63) is 121 Å². The quantitative estimate of drug-likeness (QED) is 0.0885. The Morgan fingerprint density at radius 3 is 2.02 bits per heavy atom. The van der Waals surface area contributed by atoms with Crippen LogP contribution >= 0.6 is 0 Å². The van der Waals surface area contributed by atoms with Crippen molar-refractivity contribution in [3.63, 3.8) is 0 Å². The number of morpholine rings is 2. The number of aromatic amines is 2. The van der Waals surface area contributed by atoms with E-state index in [0.717, 1.165) is 11.1 Å². The molecule has 1 unspecified atom stereocenters. The van der Waals surface area contributed by atoms with Gasteiger partial charge >= 0.3 is 18.0 Å². The average molecular weight is 809 g/mol. The second-order valence-electron chi connectivity index (χ2n) is 13.7. The molecule has 0 saturated carbocycles. The van der Waals surface area contributed by atoms with Gasteiger partial charge in [-0.2, -0.15) is 30.1 Å². The summed E-state index contributed by atoms with van der Waals surface area (Å²) in [5.41, 5.74) is 2.26. The minimum atomic E-state index is -0.500. The minimum Gasteiger partial charge on any atom is -0.459 e. The van der Waals surface area contributed by atoms with Crippen LogP contribution in [0.3, 0.4) is 0 Å². The molecule has 2 aliphatic rings. The molecule has 0 spiro atoms. The number of benzene rings is 3. The van der Waals surface area contributed by atoms with E-state index in [0.29, 0.717) is 98.0 Å². The number of H-pyrrole nitrogens is 2. The lowest BCUT2D eigenvalue weighted by Gasteiger charge is -2.33. The zero-order valence-electron chi connectivity index (χ0n) is 32.2. The number of anilines is 6. The van der Waals surface area contributed by atoms with Gasteiger partial charge in [-0.3, -0.25) is 10.2 Å². The number of nitrogens with one attached hydrogen (secondary N) is 4. The van der Waals surface area contributed by atoms with Crippen LogP contribution in [-0.4, -0.2) is 105 Å². The van der Waals surface area contributed by atoms with Gasteiger partial charge in [0.25, 0.3) is 0 Å². The second-order valence-corrected chi connectivity index (χ2v) is 13.7. The molecule has 4 N–H and O–H groups in total. The molecule has 0 aliphatic carbocycles. The number of hydrogen-bond donors (Lipinski definition) is 4. The normalized spacial score (nSPS) is 15.3. The third-order valence-electron chi connectivity index (χ3n) is 9.58. The van der Waals surface area contributed by atoms with Crippen LogP contribution in [0.5, 0.6) is 23.5 Å². The van der Waals surface area contributed by atoms with E-state index in [4.69, 9.17) is 28.7 Å². The first kappa shape index (κ1) is 38.0. The number of para-hydroxylation sites is 1. The van der Waals surface area contributed by atoms with Crippen molar-refractivity contribution in [2.45, 2.75) is 6.10 Å². The SMILES string of the molecule is O=C(OCC1CN(c2cc(Nc3ccn[nH]3)nc(Oc3ccccc3-c3ccccc3)n2)CCO1)c1ccc(Oc2nc(Nc3ccn[nH]3)cc(N3CCOCC3)n2)cc1. The summed E-state index contributed by atoms with van der Waals surface area (Å²) in [5, 5.41) is 20.2. The molecule has 6 heterocycles. The number of hydrogen-bond acceptors (Lipinski definition) is 16. The van der Waals surface area contributed by atoms with Crippen molar-refractivity contribution in [3.8, 4) is 34.6 Å². The highest BCUT2D eigenvalue weighted by Crippen LogP contribution is 2.34. The molecule has 2 aliphatic heterocycles. The molecule has 18 heteroatoms. The maximum Gasteiger partial charge on any atom is 0.338 e. The van der Waals surface area contributed by atoms with Crippen LogP contribution in [-0.2, 0) is 14.2 Å². The molecule has 18 nitrogen and oxygen atoms in total. The standard InChI is InChI=1S/C42H40N12O6/c55-40(29-10-12-30(13-11-29)59-41-47-36(45-34-14-16-43-51-34)24-38(49-41)53-18-21-56-22-19-53)58-27-31-26-54(20-23-57-31)39-25-37(46-35-15-17-44-52-35)48-42(50-39)60-33-9-5-4-8-32(33)28-6-2-1-3-7-28/h1-17,24-25,31H,18-23,26-27H2,(H2,43,45,47,49,51)(H2,44,46,48,50,52). The van der Waals surface area contributed by atoms with Gasteiger partial charge in [0.15, 0.2) is 0 Å². The van der Waals surface area contributed by atoms with Gasteiger partial charge in [0.1, 0.15) is 59.1 Å². The topological polar surface area (TPSA) is 203 Å². The van der Waals surface area contributed by atoms with E-state index in [2.05, 4.69) is 55.8 Å². The molecule has 2 saturated heterocycles. The predicted octanol–water partition coefficient (Wildman–Crippen LogP) is 6.35. The zero-order chi connectivity index (χ0) is 40.5. The summed E-state index contributed by atoms with van der Waals surface area (Å²) in [4.78, 5) is 36.1. The lowest BCUT2D eigenvalue weighted by atomic mass is 10.1. The van der Waals surface area contributed by atoms with Crippen LogP contribution in [0.2, 0.25) is 0 Å². The Bertz CT molecular complexity index is 2480. The van der Waals surface area contributed by atoms with Crippen molar-refractivity contribution >= 4 is 40.9 Å². The fourth-order valence-corrected chi connectivity index (χ4v) is 6.64. The molecule has 0 radical (unpaired) electrons. The van der Waals surface area contributed by atoms with Crippen molar-refractivity contribution in [1.82, 2.24) is 40.3 Å². The molecule has 60 heavy (non-hydrogen) atoms. The Morgan fingerprint density at radius 2 is 1.33 bits per heavy atom. The second kappa shape index (κ2) is 17.9. The Labute approximate surface area is 343 Å². The first-order chi connectivity index (χ1) is 29.6. The van der Waals surface area contributed by atoms with Gasteiger partial charge in [-0.25, -0.2) is 4.79 Å². The highest BCUT2D eigenvalue weighted by atomic mass is 16.6. The summed E-state index contributed by atoms with van der Waals surface area (Å²) in [6, 6.07) is 31.9. The van der Waals surface area contributed by atoms with Gasteiger partial charge in [0, 0.05) is 56.0 Å². The van der Waals surface area contributed by atoms with Crippen LogP contribution in [0.15, 0.2) is 116 Å². The molecule has 7 aromatic rings. The highest BCUT2D eigenvalue weighted by Gasteiger charge is 2.25. The molecule has 304 valence electrons. The van der Waals surface area contributed by atoms with Gasteiger partial charge in [0.05, 0.1) is 37.8 Å². The van der Waals surface area contributed by atoms with Crippen molar-refractivity contribution in [1.29, 1.82) is 0 Å². The van der Waals surface area contributed by atoms with E-state index in [-0.39, 0.29) is 18.6 Å². The van der Waals surface area contributed by atoms with Gasteiger partial charge < -0.3 is 44.1 Å². The lowest BCUT2D eigenvalue weighted by Crippen LogP contribution is -2.45. The van der Waals surface area contributed by atoms with Crippen molar-refractivity contribution < 1.29 is 28.5 Å². The van der Waals surface area contributed by atoms with Crippen LogP contribution in [0.4, 0.5) is 34.9 Å². The predicted molar refractivity (Wildman–Crippen MR) is 222 cm³/mol. The monoisotopic (exact) mass is 808 g/mol. The molecule has 4 aromatic heterocycles. The molecule has 9 rings (SSSR count). The minimum absolute atomic E-state index is 0.0278. The first-order valence-corrected chi connectivity index (χ1v) is 19.4. The van der Waals surface area contributed by atoms with Gasteiger partial charge in [-0.15, -0.1) is 0 Å². The lowest BCUT2D eigenvalue weighted by molar-refractivity contribution is -0.0146. The van der Waals surface area contributed by atoms with Crippen LogP contribution in [0.25, 0.3) is 11.1 Å². The Balaban J connectivity index is 0.854. The van der Waals surface area contributed by atoms with Crippen LogP contribution < -0.4 is 29.9 Å². The number of aromatic nitrogens is 8. The Morgan fingerprint density at radius 1 is 0.700 bits per heavy atom. The van der Waals surface area contributed by atoms with E-state index in [9.17, 15) is 4.79 Å². The molecular formula is C42H40N12O6. The molecular weight excluding hydrogens is 769 g/mol. The molecule has 1 atom stereocenters. The summed E-state index contributed by atoms with van der Waals surface area (Å²) < 4.78 is 29.7. The van der Waals surface area contributed by atoms with E-state index in [1.165, 1.54) is 0 Å². The van der Waals surface area contributed by atoms with E-state index >= 15 is 0 Å². The molecule has 0 amide bonds. The number of carbonyl (C=O) groups is 1. The van der Waals surface area contributed by atoms with E-state index < -0.39 is 12.1 Å². The van der Waals surface area contributed by atoms with E-state index in [1.54, 1.807) is 48.8 Å². The van der Waals surface area contributed by atoms with Gasteiger partial charge in [0.2, 0.25) is 0 Å². The molecule has 3 aromatic carbocycles. The summed E-state index contributed by atoms with van der Waals surface area (Å²) in [5.74, 6) is 4.21. The van der Waals surface area contributed by atoms with E-state index in [1.807, 2.05) is 66.7 Å². The molecule has 0 bridgehead atoms. The fraction of sp³-hybridized carbons (Fsp3) is 0.214.